The van der Waals surface area contributed by atoms with Gasteiger partial charge in [-0.05, 0) is 88.5 Å². The number of benzene rings is 5. The van der Waals surface area contributed by atoms with Crippen LogP contribution in [0.1, 0.15) is 43.0 Å². The molecule has 0 saturated carbocycles. The molecule has 4 heterocycles. The highest BCUT2D eigenvalue weighted by molar-refractivity contribution is 14.1. The number of hydrogen-bond donors (Lipinski definition) is 0. The van der Waals surface area contributed by atoms with Crippen LogP contribution in [0.4, 0.5) is 0 Å². The molecule has 336 valence electrons. The summed E-state index contributed by atoms with van der Waals surface area (Å²) in [6, 6.07) is 44.6. The van der Waals surface area contributed by atoms with E-state index in [4.69, 9.17) is 52.1 Å². The van der Waals surface area contributed by atoms with Crippen molar-refractivity contribution in [2.24, 2.45) is 0 Å². The van der Waals surface area contributed by atoms with E-state index in [0.717, 1.165) is 36.6 Å². The summed E-state index contributed by atoms with van der Waals surface area (Å²) in [5, 5.41) is 13.4. The second kappa shape index (κ2) is 19.9. The largest absolute Gasteiger partial charge is 0.374 e. The molecule has 0 N–H and O–H groups in total. The zero-order valence-electron chi connectivity index (χ0n) is 36.3. The summed E-state index contributed by atoms with van der Waals surface area (Å²) in [5.74, 6) is -2.68. The van der Waals surface area contributed by atoms with Crippen molar-refractivity contribution in [2.75, 3.05) is 13.7 Å². The molecule has 0 amide bonds. The molecule has 9 rings (SSSR count). The highest BCUT2D eigenvalue weighted by Gasteiger charge is 2.61. The summed E-state index contributed by atoms with van der Waals surface area (Å²) >= 11 is 2.28. The van der Waals surface area contributed by atoms with Crippen LogP contribution in [-0.2, 0) is 78.3 Å². The highest BCUT2D eigenvalue weighted by atomic mass is 127. The van der Waals surface area contributed by atoms with Crippen molar-refractivity contribution in [3.8, 4) is 6.07 Å². The topological polar surface area (TPSA) is 125 Å². The van der Waals surface area contributed by atoms with Gasteiger partial charge in [0.1, 0.15) is 54.9 Å². The van der Waals surface area contributed by atoms with E-state index in [1.807, 2.05) is 118 Å². The predicted octanol–water partition coefficient (Wildman–Crippen LogP) is 8.40. The van der Waals surface area contributed by atoms with E-state index < -0.39 is 79.1 Å². The van der Waals surface area contributed by atoms with Crippen molar-refractivity contribution in [2.45, 2.75) is 126 Å². The molecule has 0 radical (unpaired) electrons. The lowest BCUT2D eigenvalue weighted by Crippen LogP contribution is -2.71. The van der Waals surface area contributed by atoms with Crippen molar-refractivity contribution >= 4 is 33.4 Å². The maximum Gasteiger partial charge on any atom is 0.264 e. The molecule has 0 bridgehead atoms. The standard InChI is InChI=1S/C51H54INO11/c1-32-41(44-47(48(54-4)58-32)63-50(2,3)62-44)59-49-46(57-28-34-17-9-6-10-18-34)43(56-29-35-23-24-36-19-11-12-20-37(36)25-35)45-42(60-49)40(30-55-27-33-15-7-5-8-16-33)61-51(31-53,64-45)26-38-21-13-14-22-39(38)52/h5-25,32,40-49H,26-30H2,1-4H3/t32-,40+,41-,42+,43-,44+,45+,46-,47+,48+,49+,51-/m0/s1. The number of ether oxygens (including phenoxy) is 11. The Bertz CT molecular complexity index is 2370. The third-order valence-electron chi connectivity index (χ3n) is 12.1. The maximum absolute atomic E-state index is 11.2. The first-order valence-corrected chi connectivity index (χ1v) is 22.9. The molecule has 12 atom stereocenters. The van der Waals surface area contributed by atoms with Gasteiger partial charge in [-0.2, -0.15) is 5.26 Å². The molecular weight excluding hydrogens is 929 g/mol. The lowest BCUT2D eigenvalue weighted by molar-refractivity contribution is -0.415. The van der Waals surface area contributed by atoms with Crippen molar-refractivity contribution in [1.82, 2.24) is 0 Å². The van der Waals surface area contributed by atoms with E-state index >= 15 is 0 Å². The van der Waals surface area contributed by atoms with Gasteiger partial charge >= 0.3 is 0 Å². The van der Waals surface area contributed by atoms with Crippen LogP contribution in [0.15, 0.2) is 127 Å². The van der Waals surface area contributed by atoms with Crippen LogP contribution in [0.3, 0.4) is 0 Å². The normalized spacial score (nSPS) is 32.1. The van der Waals surface area contributed by atoms with Crippen molar-refractivity contribution in [3.63, 3.8) is 0 Å². The molecular formula is C51H54INO11. The molecule has 0 aromatic heterocycles. The fraction of sp³-hybridized carbons (Fsp3) is 0.431. The van der Waals surface area contributed by atoms with Gasteiger partial charge in [0.15, 0.2) is 18.4 Å². The third-order valence-corrected chi connectivity index (χ3v) is 13.2. The first kappa shape index (κ1) is 45.3. The Morgan fingerprint density at radius 2 is 1.27 bits per heavy atom. The summed E-state index contributed by atoms with van der Waals surface area (Å²) in [5.41, 5.74) is 3.77. The Hall–Kier alpha value is -3.86. The SMILES string of the molecule is CO[C@@H]1O[C@@H](C)[C@H](O[C@@H]2O[C@H]3[C@@H](O[C@](C#N)(Cc4ccccc4I)O[C@@H]3COCc3ccccc3)[C@H](OCc3ccc4ccccc4c3)[C@@H]2OCc2ccccc2)[C@H]2OC(C)(C)O[C@@H]12. The molecule has 64 heavy (non-hydrogen) atoms. The monoisotopic (exact) mass is 983 g/mol. The van der Waals surface area contributed by atoms with E-state index in [1.54, 1.807) is 7.11 Å². The van der Waals surface area contributed by atoms with Crippen LogP contribution >= 0.6 is 22.6 Å². The van der Waals surface area contributed by atoms with Crippen molar-refractivity contribution < 1.29 is 52.1 Å². The lowest BCUT2D eigenvalue weighted by Gasteiger charge is -2.54. The minimum atomic E-state index is -1.75. The average Bonchev–Trinajstić information content (AvgIpc) is 3.64. The second-order valence-corrected chi connectivity index (χ2v) is 18.3. The molecule has 0 unspecified atom stereocenters. The molecule has 0 aliphatic carbocycles. The molecule has 12 nitrogen and oxygen atoms in total. The van der Waals surface area contributed by atoms with Gasteiger partial charge in [0.05, 0.1) is 32.5 Å². The predicted molar refractivity (Wildman–Crippen MR) is 243 cm³/mol. The smallest absolute Gasteiger partial charge is 0.264 e. The number of halogens is 1. The molecule has 4 fully saturated rings. The van der Waals surface area contributed by atoms with Crippen molar-refractivity contribution in [1.29, 1.82) is 5.26 Å². The number of methoxy groups -OCH3 is 1. The highest BCUT2D eigenvalue weighted by Crippen LogP contribution is 2.44. The Labute approximate surface area is 388 Å². The Morgan fingerprint density at radius 1 is 0.625 bits per heavy atom. The summed E-state index contributed by atoms with van der Waals surface area (Å²) in [6.07, 6.45) is -8.32. The van der Waals surface area contributed by atoms with Gasteiger partial charge in [0, 0.05) is 17.1 Å². The van der Waals surface area contributed by atoms with Crippen LogP contribution in [0, 0.1) is 14.9 Å². The number of nitrogens with zero attached hydrogens (tertiary/aromatic N) is 1. The van der Waals surface area contributed by atoms with Crippen LogP contribution in [0.2, 0.25) is 0 Å². The quantitative estimate of drug-likeness (QED) is 0.0936. The number of hydrogen-bond acceptors (Lipinski definition) is 12. The zero-order valence-corrected chi connectivity index (χ0v) is 38.5. The molecule has 13 heteroatoms. The van der Waals surface area contributed by atoms with E-state index in [1.165, 1.54) is 0 Å². The fourth-order valence-electron chi connectivity index (χ4n) is 9.10. The van der Waals surface area contributed by atoms with Crippen molar-refractivity contribution in [3.05, 3.63) is 153 Å². The van der Waals surface area contributed by atoms with Gasteiger partial charge in [-0.3, -0.25) is 0 Å². The minimum absolute atomic E-state index is 0.0721. The lowest BCUT2D eigenvalue weighted by atomic mass is 9.91. The zero-order chi connectivity index (χ0) is 44.3. The summed E-state index contributed by atoms with van der Waals surface area (Å²) in [4.78, 5) is 0. The van der Waals surface area contributed by atoms with Crippen LogP contribution in [0.5, 0.6) is 0 Å². The Kier molecular flexibility index (Phi) is 14.1. The molecule has 4 aliphatic heterocycles. The Morgan fingerprint density at radius 3 is 2.00 bits per heavy atom. The summed E-state index contributed by atoms with van der Waals surface area (Å²) in [6.45, 7) is 6.42. The maximum atomic E-state index is 11.2. The first-order valence-electron chi connectivity index (χ1n) is 21.8. The summed E-state index contributed by atoms with van der Waals surface area (Å²) in [7, 11) is 1.59. The number of rotatable bonds is 15. The number of nitriles is 1. The Balaban J connectivity index is 1.11. The molecule has 5 aromatic rings. The van der Waals surface area contributed by atoms with E-state index in [0.29, 0.717) is 6.61 Å². The second-order valence-electron chi connectivity index (χ2n) is 17.2. The van der Waals surface area contributed by atoms with Gasteiger partial charge in [-0.25, -0.2) is 0 Å². The minimum Gasteiger partial charge on any atom is -0.374 e. The van der Waals surface area contributed by atoms with Gasteiger partial charge < -0.3 is 52.1 Å². The first-order chi connectivity index (χ1) is 31.1. The van der Waals surface area contributed by atoms with Gasteiger partial charge in [-0.1, -0.05) is 115 Å². The molecule has 5 aromatic carbocycles. The molecule has 4 aliphatic rings. The summed E-state index contributed by atoms with van der Waals surface area (Å²) < 4.78 is 74.5. The van der Waals surface area contributed by atoms with Gasteiger partial charge in [0.2, 0.25) is 0 Å². The van der Waals surface area contributed by atoms with Crippen LogP contribution < -0.4 is 0 Å². The van der Waals surface area contributed by atoms with Gasteiger partial charge in [-0.15, -0.1) is 0 Å². The van der Waals surface area contributed by atoms with Crippen LogP contribution in [-0.4, -0.2) is 92.8 Å². The average molecular weight is 984 g/mol. The molecule has 4 saturated heterocycles. The van der Waals surface area contributed by atoms with Crippen LogP contribution in [0.25, 0.3) is 10.8 Å². The van der Waals surface area contributed by atoms with E-state index in [2.05, 4.69) is 59.0 Å². The van der Waals surface area contributed by atoms with Gasteiger partial charge in [0.25, 0.3) is 5.79 Å². The molecule has 0 spiro atoms. The third kappa shape index (κ3) is 10.1. The number of fused-ring (bicyclic) bond motifs is 3. The van der Waals surface area contributed by atoms with E-state index in [9.17, 15) is 5.26 Å². The fourth-order valence-corrected chi connectivity index (χ4v) is 9.68. The van der Waals surface area contributed by atoms with E-state index in [-0.39, 0.29) is 26.2 Å².